The summed E-state index contributed by atoms with van der Waals surface area (Å²) in [4.78, 5) is 15.9. The lowest BCUT2D eigenvalue weighted by Crippen LogP contribution is -2.34. The summed E-state index contributed by atoms with van der Waals surface area (Å²) in [6, 6.07) is 9.96. The molecule has 0 atom stereocenters. The molecule has 2 aromatic carbocycles. The van der Waals surface area contributed by atoms with Crippen LogP contribution < -0.4 is 15.4 Å². The van der Waals surface area contributed by atoms with Crippen LogP contribution in [0.15, 0.2) is 42.6 Å². The molecule has 0 fully saturated rings. The lowest BCUT2D eigenvalue weighted by molar-refractivity contribution is -0.123. The molecule has 2 aromatic heterocycles. The number of anilines is 2. The van der Waals surface area contributed by atoms with Crippen molar-refractivity contribution in [3.63, 3.8) is 0 Å². The van der Waals surface area contributed by atoms with Crippen molar-refractivity contribution < 1.29 is 13.9 Å². The van der Waals surface area contributed by atoms with Crippen molar-refractivity contribution in [2.24, 2.45) is 0 Å². The van der Waals surface area contributed by atoms with Gasteiger partial charge in [-0.15, -0.1) is 5.10 Å². The highest BCUT2D eigenvalue weighted by Crippen LogP contribution is 2.25. The zero-order valence-electron chi connectivity index (χ0n) is 16.4. The van der Waals surface area contributed by atoms with E-state index in [1.165, 1.54) is 12.1 Å². The van der Waals surface area contributed by atoms with Crippen LogP contribution in [0.2, 0.25) is 0 Å². The quantitative estimate of drug-likeness (QED) is 0.372. The summed E-state index contributed by atoms with van der Waals surface area (Å²) >= 11 is 0. The van der Waals surface area contributed by atoms with E-state index in [1.807, 2.05) is 32.0 Å². The molecule has 0 aliphatic carbocycles. The van der Waals surface area contributed by atoms with Crippen molar-refractivity contribution in [3.05, 3.63) is 48.4 Å². The van der Waals surface area contributed by atoms with Gasteiger partial charge in [-0.25, -0.2) is 4.39 Å². The molecule has 9 nitrogen and oxygen atoms in total. The minimum Gasteiger partial charge on any atom is -0.484 e. The normalized spacial score (nSPS) is 11.1. The fourth-order valence-electron chi connectivity index (χ4n) is 2.88. The van der Waals surface area contributed by atoms with Crippen molar-refractivity contribution in [2.75, 3.05) is 11.9 Å². The Kier molecular flexibility index (Phi) is 5.29. The maximum absolute atomic E-state index is 14.5. The first kappa shape index (κ1) is 19.4. The molecule has 0 radical (unpaired) electrons. The third kappa shape index (κ3) is 4.37. The van der Waals surface area contributed by atoms with Gasteiger partial charge >= 0.3 is 0 Å². The summed E-state index contributed by atoms with van der Waals surface area (Å²) < 4.78 is 19.9. The van der Waals surface area contributed by atoms with Crippen LogP contribution in [-0.4, -0.2) is 43.9 Å². The van der Waals surface area contributed by atoms with Crippen LogP contribution in [0.3, 0.4) is 0 Å². The Morgan fingerprint density at radius 1 is 1.20 bits per heavy atom. The number of carbonyl (C=O) groups excluding carboxylic acids is 1. The summed E-state index contributed by atoms with van der Waals surface area (Å²) in [7, 11) is 0. The standard InChI is InChI=1S/C20H20FN7O2/c1-11(2)23-18(29)10-30-14-4-5-15(16(21)8-14)19-25-20(28-27-19)24-13-3-6-17-12(7-13)9-22-26-17/h3-9,11H,10H2,1-2H3,(H,22,26)(H,23,29)(H2,24,25,27,28). The minimum absolute atomic E-state index is 0.0103. The molecule has 0 saturated carbocycles. The molecule has 10 heteroatoms. The van der Waals surface area contributed by atoms with E-state index in [9.17, 15) is 9.18 Å². The van der Waals surface area contributed by atoms with Gasteiger partial charge in [0.15, 0.2) is 12.4 Å². The van der Waals surface area contributed by atoms with Gasteiger partial charge in [-0.1, -0.05) is 0 Å². The number of fused-ring (bicyclic) bond motifs is 1. The third-order valence-corrected chi connectivity index (χ3v) is 4.20. The van der Waals surface area contributed by atoms with E-state index >= 15 is 0 Å². The Hall–Kier alpha value is -3.95. The van der Waals surface area contributed by atoms with Gasteiger partial charge < -0.3 is 15.4 Å². The van der Waals surface area contributed by atoms with Gasteiger partial charge in [-0.3, -0.25) is 15.0 Å². The number of halogens is 1. The molecule has 0 aliphatic heterocycles. The van der Waals surface area contributed by atoms with Gasteiger partial charge in [0.05, 0.1) is 17.3 Å². The number of aromatic nitrogens is 5. The fraction of sp³-hybridized carbons (Fsp3) is 0.200. The first-order valence-corrected chi connectivity index (χ1v) is 9.32. The highest BCUT2D eigenvalue weighted by Gasteiger charge is 2.13. The van der Waals surface area contributed by atoms with E-state index < -0.39 is 5.82 Å². The smallest absolute Gasteiger partial charge is 0.258 e. The van der Waals surface area contributed by atoms with Crippen molar-refractivity contribution in [1.29, 1.82) is 0 Å². The van der Waals surface area contributed by atoms with E-state index in [0.717, 1.165) is 16.6 Å². The Morgan fingerprint density at radius 2 is 2.07 bits per heavy atom. The number of H-pyrrole nitrogens is 2. The van der Waals surface area contributed by atoms with E-state index in [4.69, 9.17) is 4.74 Å². The molecule has 4 aromatic rings. The molecule has 154 valence electrons. The van der Waals surface area contributed by atoms with Crippen molar-refractivity contribution in [3.8, 4) is 17.1 Å². The third-order valence-electron chi connectivity index (χ3n) is 4.20. The van der Waals surface area contributed by atoms with Crippen molar-refractivity contribution >= 4 is 28.4 Å². The average molecular weight is 409 g/mol. The van der Waals surface area contributed by atoms with E-state index in [-0.39, 0.29) is 35.7 Å². The van der Waals surface area contributed by atoms with Crippen molar-refractivity contribution in [2.45, 2.75) is 19.9 Å². The number of amides is 1. The molecule has 30 heavy (non-hydrogen) atoms. The topological polar surface area (TPSA) is 121 Å². The predicted molar refractivity (Wildman–Crippen MR) is 110 cm³/mol. The lowest BCUT2D eigenvalue weighted by Gasteiger charge is -2.10. The maximum Gasteiger partial charge on any atom is 0.258 e. The molecule has 0 unspecified atom stereocenters. The molecule has 4 rings (SSSR count). The summed E-state index contributed by atoms with van der Waals surface area (Å²) in [5, 5.41) is 20.4. The second-order valence-corrected chi connectivity index (χ2v) is 6.96. The molecule has 0 aliphatic rings. The number of rotatable bonds is 7. The summed E-state index contributed by atoms with van der Waals surface area (Å²) in [5.41, 5.74) is 1.93. The van der Waals surface area contributed by atoms with Crippen LogP contribution >= 0.6 is 0 Å². The first-order valence-electron chi connectivity index (χ1n) is 9.32. The van der Waals surface area contributed by atoms with Gasteiger partial charge in [0.25, 0.3) is 5.91 Å². The highest BCUT2D eigenvalue weighted by atomic mass is 19.1. The molecular weight excluding hydrogens is 389 g/mol. The maximum atomic E-state index is 14.5. The SMILES string of the molecule is CC(C)NC(=O)COc1ccc(-c2nc(Nc3ccc4[nH]ncc4c3)n[nH]2)c(F)c1. The van der Waals surface area contributed by atoms with Gasteiger partial charge in [0, 0.05) is 23.2 Å². The van der Waals surface area contributed by atoms with Crippen LogP contribution in [-0.2, 0) is 4.79 Å². The molecule has 1 amide bonds. The molecule has 2 heterocycles. The Balaban J connectivity index is 1.44. The first-order chi connectivity index (χ1) is 14.5. The largest absolute Gasteiger partial charge is 0.484 e. The lowest BCUT2D eigenvalue weighted by atomic mass is 10.2. The zero-order chi connectivity index (χ0) is 21.1. The molecule has 0 spiro atoms. The van der Waals surface area contributed by atoms with Crippen LogP contribution in [0.25, 0.3) is 22.3 Å². The molecular formula is C20H20FN7O2. The molecule has 0 saturated heterocycles. The van der Waals surface area contributed by atoms with E-state index in [2.05, 4.69) is 36.0 Å². The van der Waals surface area contributed by atoms with Crippen LogP contribution in [0.5, 0.6) is 5.75 Å². The number of hydrogen-bond acceptors (Lipinski definition) is 6. The Morgan fingerprint density at radius 3 is 2.87 bits per heavy atom. The van der Waals surface area contributed by atoms with Gasteiger partial charge in [0.1, 0.15) is 11.6 Å². The van der Waals surface area contributed by atoms with Crippen LogP contribution in [0.1, 0.15) is 13.8 Å². The van der Waals surface area contributed by atoms with Crippen LogP contribution in [0.4, 0.5) is 16.0 Å². The number of benzene rings is 2. The second-order valence-electron chi connectivity index (χ2n) is 6.96. The van der Waals surface area contributed by atoms with Gasteiger partial charge in [-0.2, -0.15) is 10.1 Å². The number of nitrogens with zero attached hydrogens (tertiary/aromatic N) is 3. The molecule has 0 bridgehead atoms. The summed E-state index contributed by atoms with van der Waals surface area (Å²) in [5.74, 6) is 0.0104. The van der Waals surface area contributed by atoms with E-state index in [0.29, 0.717) is 5.95 Å². The summed E-state index contributed by atoms with van der Waals surface area (Å²) in [6.07, 6.45) is 1.72. The second kappa shape index (κ2) is 8.19. The number of carbonyl (C=O) groups is 1. The fourth-order valence-corrected chi connectivity index (χ4v) is 2.88. The number of hydrogen-bond donors (Lipinski definition) is 4. The zero-order valence-corrected chi connectivity index (χ0v) is 16.4. The van der Waals surface area contributed by atoms with Crippen molar-refractivity contribution in [1.82, 2.24) is 30.7 Å². The minimum atomic E-state index is -0.542. The van der Waals surface area contributed by atoms with Gasteiger partial charge in [0.2, 0.25) is 5.95 Å². The predicted octanol–water partition coefficient (Wildman–Crippen LogP) is 3.13. The average Bonchev–Trinajstić information content (AvgIpc) is 3.35. The van der Waals surface area contributed by atoms with E-state index in [1.54, 1.807) is 12.3 Å². The van der Waals surface area contributed by atoms with Gasteiger partial charge in [-0.05, 0) is 44.2 Å². The molecule has 4 N–H and O–H groups in total. The number of aromatic amines is 2. The Labute approximate surface area is 171 Å². The highest BCUT2D eigenvalue weighted by molar-refractivity contribution is 5.82. The Bertz CT molecular complexity index is 1180. The van der Waals surface area contributed by atoms with Crippen LogP contribution in [0, 0.1) is 5.82 Å². The summed E-state index contributed by atoms with van der Waals surface area (Å²) in [6.45, 7) is 3.51. The number of nitrogens with one attached hydrogen (secondary N) is 4. The number of ether oxygens (including phenoxy) is 1. The monoisotopic (exact) mass is 409 g/mol.